The number of rotatable bonds is 4. The van der Waals surface area contributed by atoms with Crippen molar-refractivity contribution in [1.29, 1.82) is 0 Å². The van der Waals surface area contributed by atoms with E-state index < -0.39 is 5.82 Å². The van der Waals surface area contributed by atoms with Gasteiger partial charge in [0.15, 0.2) is 16.7 Å². The highest BCUT2D eigenvalue weighted by Gasteiger charge is 2.12. The van der Waals surface area contributed by atoms with Crippen LogP contribution in [0.15, 0.2) is 54.6 Å². The largest absolute Gasteiger partial charge is 0.494 e. The molecule has 0 unspecified atom stereocenters. The van der Waals surface area contributed by atoms with Gasteiger partial charge in [-0.3, -0.25) is 4.79 Å². The van der Waals surface area contributed by atoms with E-state index in [1.54, 1.807) is 6.07 Å². The van der Waals surface area contributed by atoms with Gasteiger partial charge in [0.1, 0.15) is 0 Å². The summed E-state index contributed by atoms with van der Waals surface area (Å²) in [5, 5.41) is 5.51. The van der Waals surface area contributed by atoms with Crippen molar-refractivity contribution < 1.29 is 13.9 Å². The number of amides is 1. The van der Waals surface area contributed by atoms with Crippen LogP contribution in [0.1, 0.15) is 5.56 Å². The zero-order chi connectivity index (χ0) is 18.1. The number of carbonyl (C=O) groups excluding carboxylic acids is 1. The Bertz CT molecular complexity index is 1120. The van der Waals surface area contributed by atoms with E-state index in [2.05, 4.69) is 10.3 Å². The van der Waals surface area contributed by atoms with Gasteiger partial charge in [-0.05, 0) is 29.1 Å². The number of nitrogens with zero attached hydrogens (tertiary/aromatic N) is 1. The normalized spacial score (nSPS) is 11.0. The van der Waals surface area contributed by atoms with Crippen LogP contribution in [0.4, 0.5) is 9.52 Å². The van der Waals surface area contributed by atoms with Gasteiger partial charge in [-0.2, -0.15) is 0 Å². The van der Waals surface area contributed by atoms with Gasteiger partial charge < -0.3 is 10.1 Å². The first-order chi connectivity index (χ1) is 12.6. The van der Waals surface area contributed by atoms with Crippen LogP contribution in [0.25, 0.3) is 21.0 Å². The van der Waals surface area contributed by atoms with Crippen molar-refractivity contribution in [2.24, 2.45) is 0 Å². The number of anilines is 1. The van der Waals surface area contributed by atoms with Crippen molar-refractivity contribution in [1.82, 2.24) is 4.98 Å². The molecule has 6 heteroatoms. The predicted molar refractivity (Wildman–Crippen MR) is 102 cm³/mol. The second-order valence-electron chi connectivity index (χ2n) is 5.85. The zero-order valence-electron chi connectivity index (χ0n) is 14.0. The summed E-state index contributed by atoms with van der Waals surface area (Å²) in [6.45, 7) is 0. The third-order valence-electron chi connectivity index (χ3n) is 4.11. The molecule has 0 aliphatic heterocycles. The highest BCUT2D eigenvalue weighted by molar-refractivity contribution is 7.22. The molecule has 0 saturated carbocycles. The Kier molecular flexibility index (Phi) is 4.26. The maximum atomic E-state index is 13.7. The molecule has 1 N–H and O–H groups in total. The van der Waals surface area contributed by atoms with Crippen molar-refractivity contribution in [2.45, 2.75) is 6.42 Å². The summed E-state index contributed by atoms with van der Waals surface area (Å²) in [5.74, 6) is -0.561. The maximum absolute atomic E-state index is 13.7. The summed E-state index contributed by atoms with van der Waals surface area (Å²) in [4.78, 5) is 16.8. The second kappa shape index (κ2) is 6.72. The highest BCUT2D eigenvalue weighted by Crippen LogP contribution is 2.31. The van der Waals surface area contributed by atoms with Crippen molar-refractivity contribution in [3.63, 3.8) is 0 Å². The maximum Gasteiger partial charge on any atom is 0.230 e. The van der Waals surface area contributed by atoms with Crippen molar-refractivity contribution in [2.75, 3.05) is 12.4 Å². The van der Waals surface area contributed by atoms with Gasteiger partial charge in [0.2, 0.25) is 5.91 Å². The molecule has 1 amide bonds. The average molecular weight is 366 g/mol. The topological polar surface area (TPSA) is 51.2 Å². The molecule has 0 bridgehead atoms. The number of thiazole rings is 1. The van der Waals surface area contributed by atoms with E-state index in [1.165, 1.54) is 30.6 Å². The third kappa shape index (κ3) is 3.11. The molecule has 4 rings (SSSR count). The van der Waals surface area contributed by atoms with Crippen LogP contribution in [0.2, 0.25) is 0 Å². The number of aromatic nitrogens is 1. The lowest BCUT2D eigenvalue weighted by molar-refractivity contribution is -0.115. The molecule has 0 atom stereocenters. The minimum atomic E-state index is -0.482. The Labute approximate surface area is 153 Å². The van der Waals surface area contributed by atoms with E-state index in [0.29, 0.717) is 10.7 Å². The molecular weight excluding hydrogens is 351 g/mol. The Morgan fingerprint density at radius 1 is 1.19 bits per heavy atom. The van der Waals surface area contributed by atoms with Crippen LogP contribution < -0.4 is 10.1 Å². The molecule has 4 nitrogen and oxygen atoms in total. The smallest absolute Gasteiger partial charge is 0.230 e. The summed E-state index contributed by atoms with van der Waals surface area (Å²) in [5.41, 5.74) is 1.45. The van der Waals surface area contributed by atoms with Crippen LogP contribution in [-0.4, -0.2) is 18.0 Å². The molecule has 0 fully saturated rings. The molecule has 0 saturated heterocycles. The van der Waals surface area contributed by atoms with E-state index in [1.807, 2.05) is 36.4 Å². The number of halogens is 1. The number of nitrogens with one attached hydrogen (secondary N) is 1. The first-order valence-electron chi connectivity index (χ1n) is 8.04. The first kappa shape index (κ1) is 16.5. The number of fused-ring (bicyclic) bond motifs is 3. The van der Waals surface area contributed by atoms with Crippen LogP contribution in [0.3, 0.4) is 0 Å². The molecule has 0 radical (unpaired) electrons. The number of hydrogen-bond donors (Lipinski definition) is 1. The lowest BCUT2D eigenvalue weighted by atomic mass is 10.1. The van der Waals surface area contributed by atoms with Gasteiger partial charge in [-0.25, -0.2) is 9.37 Å². The third-order valence-corrected chi connectivity index (χ3v) is 5.05. The molecule has 130 valence electrons. The Hall–Kier alpha value is -2.99. The number of carbonyl (C=O) groups is 1. The fraction of sp³-hybridized carbons (Fsp3) is 0.100. The molecule has 0 aliphatic carbocycles. The highest BCUT2D eigenvalue weighted by atomic mass is 32.1. The summed E-state index contributed by atoms with van der Waals surface area (Å²) < 4.78 is 19.6. The van der Waals surface area contributed by atoms with Gasteiger partial charge >= 0.3 is 0 Å². The lowest BCUT2D eigenvalue weighted by Crippen LogP contribution is -2.14. The number of methoxy groups -OCH3 is 1. The lowest BCUT2D eigenvalue weighted by Gasteiger charge is -2.05. The van der Waals surface area contributed by atoms with E-state index in [9.17, 15) is 9.18 Å². The fourth-order valence-electron chi connectivity index (χ4n) is 2.88. The van der Waals surface area contributed by atoms with Crippen LogP contribution in [-0.2, 0) is 11.2 Å². The standard InChI is InChI=1S/C20H15FN2O2S/c1-25-16-8-6-12(10-15(16)21)11-18(24)22-20-23-19-14-5-3-2-4-13(14)7-9-17(19)26-20/h2-10H,11H2,1H3,(H,22,23,24). The van der Waals surface area contributed by atoms with Gasteiger partial charge in [0, 0.05) is 5.39 Å². The predicted octanol–water partition coefficient (Wildman–Crippen LogP) is 4.78. The number of hydrogen-bond acceptors (Lipinski definition) is 4. The van der Waals surface area contributed by atoms with Crippen molar-refractivity contribution >= 4 is 43.4 Å². The molecule has 1 heterocycles. The fourth-order valence-corrected chi connectivity index (χ4v) is 3.78. The molecule has 1 aromatic heterocycles. The van der Waals surface area contributed by atoms with Crippen molar-refractivity contribution in [3.05, 3.63) is 66.0 Å². The van der Waals surface area contributed by atoms with Gasteiger partial charge in [-0.15, -0.1) is 0 Å². The SMILES string of the molecule is COc1ccc(CC(=O)Nc2nc3c(ccc4ccccc43)s2)cc1F. The Morgan fingerprint density at radius 3 is 2.85 bits per heavy atom. The van der Waals surface area contributed by atoms with E-state index in [0.717, 1.165) is 21.0 Å². The summed E-state index contributed by atoms with van der Waals surface area (Å²) >= 11 is 1.42. The zero-order valence-corrected chi connectivity index (χ0v) is 14.8. The number of ether oxygens (including phenoxy) is 1. The molecule has 0 aliphatic rings. The molecular formula is C20H15FN2O2S. The van der Waals surface area contributed by atoms with E-state index in [-0.39, 0.29) is 18.1 Å². The average Bonchev–Trinajstić information content (AvgIpc) is 3.04. The molecule has 4 aromatic rings. The van der Waals surface area contributed by atoms with E-state index >= 15 is 0 Å². The summed E-state index contributed by atoms with van der Waals surface area (Å²) in [6, 6.07) is 16.5. The van der Waals surface area contributed by atoms with Crippen LogP contribution in [0, 0.1) is 5.82 Å². The van der Waals surface area contributed by atoms with E-state index in [4.69, 9.17) is 4.74 Å². The second-order valence-corrected chi connectivity index (χ2v) is 6.88. The minimum Gasteiger partial charge on any atom is -0.494 e. The Morgan fingerprint density at radius 2 is 2.04 bits per heavy atom. The first-order valence-corrected chi connectivity index (χ1v) is 8.86. The van der Waals surface area contributed by atoms with Crippen molar-refractivity contribution in [3.8, 4) is 5.75 Å². The summed E-state index contributed by atoms with van der Waals surface area (Å²) in [6.07, 6.45) is 0.0671. The molecule has 26 heavy (non-hydrogen) atoms. The van der Waals surface area contributed by atoms with Crippen LogP contribution >= 0.6 is 11.3 Å². The minimum absolute atomic E-state index is 0.0671. The van der Waals surface area contributed by atoms with Gasteiger partial charge in [-0.1, -0.05) is 47.7 Å². The van der Waals surface area contributed by atoms with Gasteiger partial charge in [0.05, 0.1) is 23.7 Å². The van der Waals surface area contributed by atoms with Crippen LogP contribution in [0.5, 0.6) is 5.75 Å². The molecule has 3 aromatic carbocycles. The number of benzene rings is 3. The summed E-state index contributed by atoms with van der Waals surface area (Å²) in [7, 11) is 1.40. The monoisotopic (exact) mass is 366 g/mol. The van der Waals surface area contributed by atoms with Gasteiger partial charge in [0.25, 0.3) is 0 Å². The quantitative estimate of drug-likeness (QED) is 0.566. The molecule has 0 spiro atoms. The Balaban J connectivity index is 1.56.